The highest BCUT2D eigenvalue weighted by atomic mass is 16.5. The van der Waals surface area contributed by atoms with Gasteiger partial charge in [0, 0.05) is 22.0 Å². The van der Waals surface area contributed by atoms with Gasteiger partial charge in [0.15, 0.2) is 0 Å². The van der Waals surface area contributed by atoms with Gasteiger partial charge in [-0.15, -0.1) is 0 Å². The molecule has 0 saturated carbocycles. The minimum atomic E-state index is 0.226. The summed E-state index contributed by atoms with van der Waals surface area (Å²) in [5.41, 5.74) is 11.7. The van der Waals surface area contributed by atoms with Gasteiger partial charge in [-0.05, 0) is 99.6 Å². The maximum Gasteiger partial charge on any atom is 0.128 e. The average molecular weight is 656 g/mol. The summed E-state index contributed by atoms with van der Waals surface area (Å²) in [5, 5.41) is 13.3. The molecule has 0 aliphatic heterocycles. The third-order valence-corrected chi connectivity index (χ3v) is 9.55. The minimum Gasteiger partial charge on any atom is -0.507 e. The van der Waals surface area contributed by atoms with E-state index in [4.69, 9.17) is 4.74 Å². The third kappa shape index (κ3) is 5.71. The number of hydrogen-bond donors (Lipinski definition) is 1. The Morgan fingerprint density at radius 2 is 0.902 bits per heavy atom. The van der Waals surface area contributed by atoms with Gasteiger partial charge in [-0.3, -0.25) is 0 Å². The van der Waals surface area contributed by atoms with E-state index in [9.17, 15) is 5.11 Å². The molecule has 1 N–H and O–H groups in total. The van der Waals surface area contributed by atoms with Crippen molar-refractivity contribution in [3.63, 3.8) is 0 Å². The molecule has 8 aromatic carbocycles. The molecule has 242 valence electrons. The largest absolute Gasteiger partial charge is 0.507 e. The molecule has 3 nitrogen and oxygen atoms in total. The van der Waals surface area contributed by atoms with Crippen LogP contribution in [-0.4, -0.2) is 9.67 Å². The molecular formula is C48H33NO2. The minimum absolute atomic E-state index is 0.226. The predicted octanol–water partition coefficient (Wildman–Crippen LogP) is 12.9. The van der Waals surface area contributed by atoms with E-state index in [1.807, 2.05) is 42.5 Å². The summed E-state index contributed by atoms with van der Waals surface area (Å²) in [5.74, 6) is 1.65. The van der Waals surface area contributed by atoms with E-state index in [2.05, 4.69) is 150 Å². The van der Waals surface area contributed by atoms with Crippen LogP contribution < -0.4 is 4.74 Å². The SMILES string of the molecule is Oc1ccccc1-c1cc(Oc2ccc(-c3cccc(-n4c5ccccc5c5ccccc54)c3)cc2)cc(-c2ccccc2-c2ccccc2)c1. The van der Waals surface area contributed by atoms with Gasteiger partial charge in [0.2, 0.25) is 0 Å². The average Bonchev–Trinajstić information content (AvgIpc) is 3.53. The fourth-order valence-corrected chi connectivity index (χ4v) is 7.17. The van der Waals surface area contributed by atoms with Crippen molar-refractivity contribution in [3.8, 4) is 67.4 Å². The highest BCUT2D eigenvalue weighted by molar-refractivity contribution is 6.09. The molecule has 3 heteroatoms. The molecule has 0 fully saturated rings. The molecule has 0 aliphatic carbocycles. The lowest BCUT2D eigenvalue weighted by Crippen LogP contribution is -1.94. The van der Waals surface area contributed by atoms with Crippen LogP contribution >= 0.6 is 0 Å². The molecule has 1 heterocycles. The highest BCUT2D eigenvalue weighted by Gasteiger charge is 2.15. The van der Waals surface area contributed by atoms with E-state index >= 15 is 0 Å². The topological polar surface area (TPSA) is 34.4 Å². The first-order chi connectivity index (χ1) is 25.2. The lowest BCUT2D eigenvalue weighted by molar-refractivity contribution is 0.476. The van der Waals surface area contributed by atoms with Gasteiger partial charge in [0.25, 0.3) is 0 Å². The van der Waals surface area contributed by atoms with Crippen LogP contribution in [0.4, 0.5) is 0 Å². The van der Waals surface area contributed by atoms with Crippen molar-refractivity contribution >= 4 is 21.8 Å². The van der Waals surface area contributed by atoms with Crippen LogP contribution in [0.1, 0.15) is 0 Å². The summed E-state index contributed by atoms with van der Waals surface area (Å²) in [4.78, 5) is 0. The number of aromatic nitrogens is 1. The lowest BCUT2D eigenvalue weighted by atomic mass is 9.92. The number of benzene rings is 8. The van der Waals surface area contributed by atoms with Gasteiger partial charge < -0.3 is 14.4 Å². The Balaban J connectivity index is 1.07. The number of nitrogens with zero attached hydrogens (tertiary/aromatic N) is 1. The molecule has 0 saturated heterocycles. The van der Waals surface area contributed by atoms with Gasteiger partial charge in [-0.25, -0.2) is 0 Å². The molecule has 0 spiro atoms. The fourth-order valence-electron chi connectivity index (χ4n) is 7.17. The molecule has 0 atom stereocenters. The van der Waals surface area contributed by atoms with Crippen molar-refractivity contribution < 1.29 is 9.84 Å². The first-order valence-electron chi connectivity index (χ1n) is 17.1. The molecular weight excluding hydrogens is 623 g/mol. The number of para-hydroxylation sites is 3. The zero-order chi connectivity index (χ0) is 34.1. The van der Waals surface area contributed by atoms with E-state index in [0.717, 1.165) is 55.9 Å². The molecule has 9 rings (SSSR count). The Morgan fingerprint density at radius 1 is 0.353 bits per heavy atom. The Bertz CT molecular complexity index is 2620. The molecule has 0 aliphatic rings. The zero-order valence-electron chi connectivity index (χ0n) is 27.8. The van der Waals surface area contributed by atoms with E-state index in [0.29, 0.717) is 5.75 Å². The van der Waals surface area contributed by atoms with Crippen molar-refractivity contribution in [2.75, 3.05) is 0 Å². The standard InChI is InChI=1S/C48H33NO2/c50-48-24-11-8-19-43(48)37-29-36(42-18-5-4-17-41(42)34-13-2-1-3-14-34)31-40(32-37)51-39-27-25-33(26-28-39)35-15-12-16-38(30-35)49-46-22-9-6-20-44(46)45-21-7-10-23-47(45)49/h1-32,50H. The lowest BCUT2D eigenvalue weighted by Gasteiger charge is -2.15. The summed E-state index contributed by atoms with van der Waals surface area (Å²) in [6.45, 7) is 0. The summed E-state index contributed by atoms with van der Waals surface area (Å²) < 4.78 is 8.92. The fraction of sp³-hybridized carbons (Fsp3) is 0. The van der Waals surface area contributed by atoms with E-state index in [-0.39, 0.29) is 5.75 Å². The van der Waals surface area contributed by atoms with Crippen molar-refractivity contribution in [1.29, 1.82) is 0 Å². The first-order valence-corrected chi connectivity index (χ1v) is 17.1. The van der Waals surface area contributed by atoms with Crippen LogP contribution in [0.5, 0.6) is 17.2 Å². The number of phenols is 1. The van der Waals surface area contributed by atoms with Crippen LogP contribution in [0.15, 0.2) is 194 Å². The van der Waals surface area contributed by atoms with Gasteiger partial charge in [-0.2, -0.15) is 0 Å². The molecule has 9 aromatic rings. The Hall–Kier alpha value is -6.84. The highest BCUT2D eigenvalue weighted by Crippen LogP contribution is 2.40. The third-order valence-electron chi connectivity index (χ3n) is 9.55. The number of rotatable bonds is 7. The summed E-state index contributed by atoms with van der Waals surface area (Å²) in [6, 6.07) is 66.6. The summed E-state index contributed by atoms with van der Waals surface area (Å²) in [7, 11) is 0. The van der Waals surface area contributed by atoms with Crippen LogP contribution in [0.25, 0.3) is 72.0 Å². The molecule has 0 radical (unpaired) electrons. The Kier molecular flexibility index (Phi) is 7.64. The Morgan fingerprint density at radius 3 is 1.59 bits per heavy atom. The Labute approximate surface area is 296 Å². The maximum atomic E-state index is 10.8. The van der Waals surface area contributed by atoms with Gasteiger partial charge >= 0.3 is 0 Å². The first kappa shape index (κ1) is 30.2. The molecule has 0 amide bonds. The van der Waals surface area contributed by atoms with Crippen LogP contribution in [0.3, 0.4) is 0 Å². The van der Waals surface area contributed by atoms with E-state index < -0.39 is 0 Å². The van der Waals surface area contributed by atoms with Crippen molar-refractivity contribution in [1.82, 2.24) is 4.57 Å². The monoisotopic (exact) mass is 655 g/mol. The molecule has 0 unspecified atom stereocenters. The number of ether oxygens (including phenoxy) is 1. The summed E-state index contributed by atoms with van der Waals surface area (Å²) in [6.07, 6.45) is 0. The van der Waals surface area contributed by atoms with Crippen molar-refractivity contribution in [3.05, 3.63) is 194 Å². The number of hydrogen-bond acceptors (Lipinski definition) is 2. The number of fused-ring (bicyclic) bond motifs is 3. The van der Waals surface area contributed by atoms with Crippen LogP contribution in [-0.2, 0) is 0 Å². The zero-order valence-corrected chi connectivity index (χ0v) is 27.8. The molecule has 1 aromatic heterocycles. The second kappa shape index (κ2) is 12.9. The van der Waals surface area contributed by atoms with Crippen molar-refractivity contribution in [2.45, 2.75) is 0 Å². The molecule has 51 heavy (non-hydrogen) atoms. The maximum absolute atomic E-state index is 10.8. The second-order valence-electron chi connectivity index (χ2n) is 12.7. The van der Waals surface area contributed by atoms with Crippen LogP contribution in [0.2, 0.25) is 0 Å². The van der Waals surface area contributed by atoms with E-state index in [1.54, 1.807) is 6.07 Å². The van der Waals surface area contributed by atoms with Gasteiger partial charge in [0.1, 0.15) is 17.2 Å². The smallest absolute Gasteiger partial charge is 0.128 e. The predicted molar refractivity (Wildman–Crippen MR) is 211 cm³/mol. The van der Waals surface area contributed by atoms with Crippen LogP contribution in [0, 0.1) is 0 Å². The van der Waals surface area contributed by atoms with Gasteiger partial charge in [-0.1, -0.05) is 133 Å². The second-order valence-corrected chi connectivity index (χ2v) is 12.7. The molecule has 0 bridgehead atoms. The normalized spacial score (nSPS) is 11.2. The number of phenolic OH excluding ortho intramolecular Hbond substituents is 1. The number of aromatic hydroxyl groups is 1. The van der Waals surface area contributed by atoms with Crippen molar-refractivity contribution in [2.24, 2.45) is 0 Å². The summed E-state index contributed by atoms with van der Waals surface area (Å²) >= 11 is 0. The van der Waals surface area contributed by atoms with E-state index in [1.165, 1.54) is 21.8 Å². The quantitative estimate of drug-likeness (QED) is 0.185. The van der Waals surface area contributed by atoms with Gasteiger partial charge in [0.05, 0.1) is 11.0 Å².